The van der Waals surface area contributed by atoms with E-state index >= 15 is 0 Å². The van der Waals surface area contributed by atoms with E-state index in [1.165, 1.54) is 28.7 Å². The number of aromatic amines is 1. The zero-order valence-electron chi connectivity index (χ0n) is 25.1. The van der Waals surface area contributed by atoms with Gasteiger partial charge in [0, 0.05) is 17.8 Å². The van der Waals surface area contributed by atoms with Crippen LogP contribution in [0.1, 0.15) is 35.2 Å². The molecular formula is C33H27BrF3N7O3. The highest BCUT2D eigenvalue weighted by molar-refractivity contribution is 5.93. The maximum atomic E-state index is 13.7. The number of methoxy groups -OCH3 is 1. The van der Waals surface area contributed by atoms with E-state index in [4.69, 9.17) is 4.74 Å². The van der Waals surface area contributed by atoms with Crippen molar-refractivity contribution in [2.75, 3.05) is 12.0 Å². The molecule has 0 radical (unpaired) electrons. The number of carbonyl (C=O) groups is 1. The zero-order chi connectivity index (χ0) is 32.6. The lowest BCUT2D eigenvalue weighted by Crippen LogP contribution is -3.00. The summed E-state index contributed by atoms with van der Waals surface area (Å²) in [5.41, 5.74) is 1.31. The van der Waals surface area contributed by atoms with Gasteiger partial charge in [-0.2, -0.15) is 18.4 Å². The lowest BCUT2D eigenvalue weighted by molar-refractivity contribution is -0.695. The molecule has 0 saturated heterocycles. The number of benzene rings is 3. The number of carbonyl (C=O) groups excluding carboxylic acids is 1. The van der Waals surface area contributed by atoms with Crippen LogP contribution < -0.4 is 32.1 Å². The van der Waals surface area contributed by atoms with E-state index in [2.05, 4.69) is 16.3 Å². The molecule has 2 aromatic heterocycles. The maximum Gasteiger partial charge on any atom is 0.416 e. The average Bonchev–Trinajstić information content (AvgIpc) is 3.69. The van der Waals surface area contributed by atoms with Crippen LogP contribution in [-0.4, -0.2) is 32.4 Å². The van der Waals surface area contributed by atoms with Gasteiger partial charge >= 0.3 is 17.8 Å². The molecule has 0 amide bonds. The van der Waals surface area contributed by atoms with Crippen LogP contribution in [0.25, 0.3) is 5.69 Å². The van der Waals surface area contributed by atoms with Gasteiger partial charge in [0.2, 0.25) is 12.3 Å². The summed E-state index contributed by atoms with van der Waals surface area (Å²) in [5, 5.41) is 16.3. The molecule has 0 spiro atoms. The van der Waals surface area contributed by atoms with Crippen molar-refractivity contribution in [3.05, 3.63) is 136 Å². The summed E-state index contributed by atoms with van der Waals surface area (Å²) >= 11 is 0. The van der Waals surface area contributed by atoms with E-state index < -0.39 is 29.4 Å². The minimum Gasteiger partial charge on any atom is -1.00 e. The molecule has 1 aliphatic heterocycles. The smallest absolute Gasteiger partial charge is 0.416 e. The fourth-order valence-corrected chi connectivity index (χ4v) is 5.77. The van der Waals surface area contributed by atoms with Crippen molar-refractivity contribution in [1.82, 2.24) is 19.3 Å². The molecule has 240 valence electrons. The molecular weight excluding hydrogens is 679 g/mol. The Balaban J connectivity index is 0.00000433. The van der Waals surface area contributed by atoms with Gasteiger partial charge in [0.05, 0.1) is 36.4 Å². The second-order valence-corrected chi connectivity index (χ2v) is 10.6. The summed E-state index contributed by atoms with van der Waals surface area (Å²) in [6.07, 6.45) is 1.55. The van der Waals surface area contributed by atoms with Gasteiger partial charge in [0.25, 0.3) is 0 Å². The highest BCUT2D eigenvalue weighted by Crippen LogP contribution is 2.43. The standard InChI is InChI=1S/C33H26F3N7O3.BrH/c1-21-28(30(44)46-2)29(43-31(38-39-32(43)45)42(21)26-10-6-7-24(18-26)33(34,35)36)27-12-11-22(19-37)17-23(27)13-14-40-15-16-41(20-40)25-8-4-3-5-9-25;/h3-12,15-18,20,29H,13-14H2,1-2H3;1H. The molecule has 14 heteroatoms. The number of nitrogens with one attached hydrogen (secondary N) is 1. The Morgan fingerprint density at radius 1 is 1.09 bits per heavy atom. The van der Waals surface area contributed by atoms with Crippen LogP contribution in [0, 0.1) is 11.3 Å². The summed E-state index contributed by atoms with van der Waals surface area (Å²) in [6, 6.07) is 20.4. The number of anilines is 2. The number of hydrogen-bond donors (Lipinski definition) is 1. The van der Waals surface area contributed by atoms with Crippen molar-refractivity contribution in [3.8, 4) is 11.8 Å². The molecule has 3 heterocycles. The molecule has 10 nitrogen and oxygen atoms in total. The molecule has 1 aliphatic rings. The van der Waals surface area contributed by atoms with Crippen molar-refractivity contribution in [2.45, 2.75) is 32.1 Å². The second kappa shape index (κ2) is 13.1. The van der Waals surface area contributed by atoms with Crippen molar-refractivity contribution in [1.29, 1.82) is 5.26 Å². The lowest BCUT2D eigenvalue weighted by atomic mass is 9.89. The predicted molar refractivity (Wildman–Crippen MR) is 160 cm³/mol. The largest absolute Gasteiger partial charge is 1.00 e. The summed E-state index contributed by atoms with van der Waals surface area (Å²) in [7, 11) is 1.19. The fraction of sp³-hybridized carbons (Fsp3) is 0.182. The predicted octanol–water partition coefficient (Wildman–Crippen LogP) is 1.97. The molecule has 0 bridgehead atoms. The lowest BCUT2D eigenvalue weighted by Gasteiger charge is -2.36. The van der Waals surface area contributed by atoms with Crippen molar-refractivity contribution >= 4 is 17.6 Å². The molecule has 0 saturated carbocycles. The number of aromatic nitrogens is 5. The van der Waals surface area contributed by atoms with Crippen LogP contribution in [0.4, 0.5) is 24.8 Å². The van der Waals surface area contributed by atoms with Gasteiger partial charge in [-0.25, -0.2) is 28.4 Å². The number of rotatable bonds is 7. The van der Waals surface area contributed by atoms with Gasteiger partial charge in [0.1, 0.15) is 24.1 Å². The van der Waals surface area contributed by atoms with E-state index in [1.54, 1.807) is 25.1 Å². The number of H-pyrrole nitrogens is 1. The number of aryl methyl sites for hydroxylation is 2. The molecule has 3 aromatic carbocycles. The van der Waals surface area contributed by atoms with Crippen LogP contribution in [-0.2, 0) is 28.7 Å². The Labute approximate surface area is 277 Å². The topological polar surface area (TPSA) is 113 Å². The van der Waals surface area contributed by atoms with Gasteiger partial charge in [-0.3, -0.25) is 4.90 Å². The van der Waals surface area contributed by atoms with Gasteiger partial charge in [0.15, 0.2) is 0 Å². The van der Waals surface area contributed by atoms with E-state index in [0.29, 0.717) is 29.7 Å². The highest BCUT2D eigenvalue weighted by Gasteiger charge is 2.41. The van der Waals surface area contributed by atoms with Crippen molar-refractivity contribution in [2.24, 2.45) is 0 Å². The molecule has 5 aromatic rings. The molecule has 6 rings (SSSR count). The van der Waals surface area contributed by atoms with Crippen LogP contribution >= 0.6 is 0 Å². The Kier molecular flexibility index (Phi) is 9.21. The first-order chi connectivity index (χ1) is 22.1. The van der Waals surface area contributed by atoms with Gasteiger partial charge < -0.3 is 21.7 Å². The van der Waals surface area contributed by atoms with Gasteiger partial charge in [-0.15, -0.1) is 5.10 Å². The third-order valence-electron chi connectivity index (χ3n) is 7.93. The number of para-hydroxylation sites is 1. The molecule has 1 N–H and O–H groups in total. The third-order valence-corrected chi connectivity index (χ3v) is 7.93. The van der Waals surface area contributed by atoms with E-state index in [1.807, 2.05) is 58.2 Å². The summed E-state index contributed by atoms with van der Waals surface area (Å²) in [6.45, 7) is 2.06. The first kappa shape index (κ1) is 33.0. The SMILES string of the molecule is COC(=O)C1=C(C)N(c2cccc(C(F)(F)F)c2)c2n[nH]c(=O)n2C1c1ccc(C#N)cc1CC[n+]1ccn(-c2ccccc2)c1.[Br-]. The first-order valence-electron chi connectivity index (χ1n) is 14.2. The number of imidazole rings is 1. The summed E-state index contributed by atoms with van der Waals surface area (Å²) in [4.78, 5) is 28.2. The fourth-order valence-electron chi connectivity index (χ4n) is 5.77. The van der Waals surface area contributed by atoms with E-state index in [-0.39, 0.29) is 39.9 Å². The molecule has 0 aliphatic carbocycles. The van der Waals surface area contributed by atoms with Gasteiger partial charge in [-0.1, -0.05) is 30.3 Å². The minimum atomic E-state index is -4.63. The number of nitriles is 1. The van der Waals surface area contributed by atoms with E-state index in [0.717, 1.165) is 17.8 Å². The van der Waals surface area contributed by atoms with Gasteiger partial charge in [-0.05, 0) is 60.5 Å². The number of ether oxygens (including phenoxy) is 1. The van der Waals surface area contributed by atoms with Crippen LogP contribution in [0.3, 0.4) is 0 Å². The van der Waals surface area contributed by atoms with Crippen LogP contribution in [0.5, 0.6) is 0 Å². The highest BCUT2D eigenvalue weighted by atomic mass is 79.9. The Morgan fingerprint density at radius 2 is 1.83 bits per heavy atom. The zero-order valence-corrected chi connectivity index (χ0v) is 26.7. The third kappa shape index (κ3) is 6.22. The normalized spacial score (nSPS) is 14.3. The summed E-state index contributed by atoms with van der Waals surface area (Å²) < 4.78 is 51.3. The molecule has 1 atom stereocenters. The average molecular weight is 707 g/mol. The number of fused-ring (bicyclic) bond motifs is 1. The Bertz CT molecular complexity index is 2080. The van der Waals surface area contributed by atoms with Crippen LogP contribution in [0.2, 0.25) is 0 Å². The van der Waals surface area contributed by atoms with Crippen molar-refractivity contribution in [3.63, 3.8) is 0 Å². The maximum absolute atomic E-state index is 13.7. The number of allylic oxidation sites excluding steroid dienone is 1. The van der Waals surface area contributed by atoms with Crippen LogP contribution in [0.15, 0.2) is 108 Å². The van der Waals surface area contributed by atoms with Crippen molar-refractivity contribution < 1.29 is 44.3 Å². The number of alkyl halides is 3. The molecule has 0 fully saturated rings. The first-order valence-corrected chi connectivity index (χ1v) is 14.2. The Morgan fingerprint density at radius 3 is 2.53 bits per heavy atom. The Hall–Kier alpha value is -5.42. The second-order valence-electron chi connectivity index (χ2n) is 10.6. The molecule has 1 unspecified atom stereocenters. The van der Waals surface area contributed by atoms with E-state index in [9.17, 15) is 28.0 Å². The minimum absolute atomic E-state index is 0. The monoisotopic (exact) mass is 705 g/mol. The molecule has 47 heavy (non-hydrogen) atoms. The quantitative estimate of drug-likeness (QED) is 0.205. The number of esters is 1. The number of halogens is 4. The number of nitrogens with zero attached hydrogens (tertiary/aromatic N) is 6. The number of hydrogen-bond acceptors (Lipinski definition) is 6. The summed E-state index contributed by atoms with van der Waals surface area (Å²) in [5.74, 6) is -0.785.